The summed E-state index contributed by atoms with van der Waals surface area (Å²) in [7, 11) is 3.28. The molecule has 0 bridgehead atoms. The molecule has 0 radical (unpaired) electrons. The molecule has 0 heterocycles. The van der Waals surface area contributed by atoms with Gasteiger partial charge in [-0.3, -0.25) is 0 Å². The molecule has 1 aromatic carbocycles. The molecule has 0 spiro atoms. The second-order valence-corrected chi connectivity index (χ2v) is 5.14. The summed E-state index contributed by atoms with van der Waals surface area (Å²) in [6, 6.07) is 4.33. The lowest BCUT2D eigenvalue weighted by molar-refractivity contribution is 0.177. The summed E-state index contributed by atoms with van der Waals surface area (Å²) in [5.74, 6) is -0.480. The third-order valence-corrected chi connectivity index (χ3v) is 3.18. The number of carbonyl (C=O) groups is 1. The summed E-state index contributed by atoms with van der Waals surface area (Å²) in [5, 5.41) is 2.93. The SMILES string of the molecule is COCCC(C)NC(=O)N(C)Cc1ccc(Cl)c(F)c1. The molecule has 6 heteroatoms. The van der Waals surface area contributed by atoms with Crippen molar-refractivity contribution >= 4 is 17.6 Å². The van der Waals surface area contributed by atoms with E-state index in [9.17, 15) is 9.18 Å². The van der Waals surface area contributed by atoms with E-state index in [0.717, 1.165) is 6.42 Å². The molecule has 0 aromatic heterocycles. The van der Waals surface area contributed by atoms with Crippen LogP contribution in [0.25, 0.3) is 0 Å². The van der Waals surface area contributed by atoms with Crippen LogP contribution in [0, 0.1) is 5.82 Å². The van der Waals surface area contributed by atoms with Crippen molar-refractivity contribution in [2.75, 3.05) is 20.8 Å². The topological polar surface area (TPSA) is 41.6 Å². The highest BCUT2D eigenvalue weighted by molar-refractivity contribution is 6.30. The smallest absolute Gasteiger partial charge is 0.317 e. The largest absolute Gasteiger partial charge is 0.385 e. The van der Waals surface area contributed by atoms with E-state index in [1.54, 1.807) is 20.2 Å². The minimum atomic E-state index is -0.480. The zero-order valence-corrected chi connectivity index (χ0v) is 12.7. The lowest BCUT2D eigenvalue weighted by Crippen LogP contribution is -2.41. The van der Waals surface area contributed by atoms with Gasteiger partial charge in [0, 0.05) is 33.4 Å². The van der Waals surface area contributed by atoms with Gasteiger partial charge in [-0.05, 0) is 31.0 Å². The molecule has 0 fully saturated rings. The fourth-order valence-corrected chi connectivity index (χ4v) is 1.79. The number of hydrogen-bond acceptors (Lipinski definition) is 2. The van der Waals surface area contributed by atoms with Gasteiger partial charge in [0.15, 0.2) is 0 Å². The van der Waals surface area contributed by atoms with Gasteiger partial charge in [-0.1, -0.05) is 17.7 Å². The normalized spacial score (nSPS) is 12.1. The van der Waals surface area contributed by atoms with Crippen LogP contribution in [0.1, 0.15) is 18.9 Å². The average Bonchev–Trinajstić information content (AvgIpc) is 2.40. The van der Waals surface area contributed by atoms with Gasteiger partial charge in [-0.15, -0.1) is 0 Å². The van der Waals surface area contributed by atoms with E-state index < -0.39 is 5.82 Å². The van der Waals surface area contributed by atoms with Crippen LogP contribution < -0.4 is 5.32 Å². The molecule has 0 aliphatic heterocycles. The van der Waals surface area contributed by atoms with Gasteiger partial charge in [-0.25, -0.2) is 9.18 Å². The summed E-state index contributed by atoms with van der Waals surface area (Å²) >= 11 is 5.62. The van der Waals surface area contributed by atoms with Crippen molar-refractivity contribution < 1.29 is 13.9 Å². The van der Waals surface area contributed by atoms with Crippen LogP contribution in [0.15, 0.2) is 18.2 Å². The van der Waals surface area contributed by atoms with E-state index in [1.165, 1.54) is 17.0 Å². The molecule has 2 amide bonds. The van der Waals surface area contributed by atoms with E-state index in [4.69, 9.17) is 16.3 Å². The Balaban J connectivity index is 2.50. The number of nitrogens with zero attached hydrogens (tertiary/aromatic N) is 1. The maximum absolute atomic E-state index is 13.3. The molecule has 0 saturated carbocycles. The average molecular weight is 303 g/mol. The van der Waals surface area contributed by atoms with E-state index in [2.05, 4.69) is 5.32 Å². The minimum absolute atomic E-state index is 0.0202. The summed E-state index contributed by atoms with van der Waals surface area (Å²) in [4.78, 5) is 13.4. The number of carbonyl (C=O) groups excluding carboxylic acids is 1. The summed E-state index contributed by atoms with van der Waals surface area (Å²) < 4.78 is 18.3. The molecule has 1 aromatic rings. The Morgan fingerprint density at radius 3 is 2.85 bits per heavy atom. The van der Waals surface area contributed by atoms with Crippen LogP contribution in [0.2, 0.25) is 5.02 Å². The zero-order chi connectivity index (χ0) is 15.1. The van der Waals surface area contributed by atoms with Crippen LogP contribution in [-0.4, -0.2) is 37.7 Å². The number of ether oxygens (including phenoxy) is 1. The molecule has 1 atom stereocenters. The molecule has 1 rings (SSSR count). The molecule has 4 nitrogen and oxygen atoms in total. The van der Waals surface area contributed by atoms with E-state index >= 15 is 0 Å². The lowest BCUT2D eigenvalue weighted by atomic mass is 10.2. The lowest BCUT2D eigenvalue weighted by Gasteiger charge is -2.21. The molecular formula is C14H20ClFN2O2. The van der Waals surface area contributed by atoms with Crippen LogP contribution in [-0.2, 0) is 11.3 Å². The third kappa shape index (κ3) is 5.35. The van der Waals surface area contributed by atoms with Crippen molar-refractivity contribution in [2.45, 2.75) is 25.9 Å². The first-order valence-corrected chi connectivity index (χ1v) is 6.76. The number of hydrogen-bond donors (Lipinski definition) is 1. The Kier molecular flexibility index (Phi) is 6.75. The van der Waals surface area contributed by atoms with Crippen LogP contribution >= 0.6 is 11.6 Å². The molecule has 20 heavy (non-hydrogen) atoms. The zero-order valence-electron chi connectivity index (χ0n) is 12.0. The first kappa shape index (κ1) is 16.7. The van der Waals surface area contributed by atoms with Crippen LogP contribution in [0.3, 0.4) is 0 Å². The van der Waals surface area contributed by atoms with Crippen molar-refractivity contribution in [3.8, 4) is 0 Å². The molecule has 0 saturated heterocycles. The number of amides is 2. The van der Waals surface area contributed by atoms with Gasteiger partial charge in [0.2, 0.25) is 0 Å². The standard InChI is InChI=1S/C14H20ClFN2O2/c1-10(6-7-20-3)17-14(19)18(2)9-11-4-5-12(15)13(16)8-11/h4-5,8,10H,6-7,9H2,1-3H3,(H,17,19). The Morgan fingerprint density at radius 2 is 2.25 bits per heavy atom. The van der Waals surface area contributed by atoms with Gasteiger partial charge in [0.05, 0.1) is 5.02 Å². The van der Waals surface area contributed by atoms with Crippen molar-refractivity contribution in [3.63, 3.8) is 0 Å². The highest BCUT2D eigenvalue weighted by Gasteiger charge is 2.12. The first-order valence-electron chi connectivity index (χ1n) is 6.38. The van der Waals surface area contributed by atoms with Crippen LogP contribution in [0.5, 0.6) is 0 Å². The number of rotatable bonds is 6. The number of urea groups is 1. The number of benzene rings is 1. The van der Waals surface area contributed by atoms with E-state index in [1.807, 2.05) is 6.92 Å². The molecule has 0 aliphatic carbocycles. The number of methoxy groups -OCH3 is 1. The Bertz CT molecular complexity index is 457. The van der Waals surface area contributed by atoms with E-state index in [-0.39, 0.29) is 17.1 Å². The maximum atomic E-state index is 13.3. The minimum Gasteiger partial charge on any atom is -0.385 e. The van der Waals surface area contributed by atoms with Gasteiger partial charge >= 0.3 is 6.03 Å². The maximum Gasteiger partial charge on any atom is 0.317 e. The monoisotopic (exact) mass is 302 g/mol. The predicted molar refractivity (Wildman–Crippen MR) is 77.4 cm³/mol. The van der Waals surface area contributed by atoms with E-state index in [0.29, 0.717) is 18.7 Å². The summed E-state index contributed by atoms with van der Waals surface area (Å²) in [6.07, 6.45) is 0.742. The molecule has 0 aliphatic rings. The van der Waals surface area contributed by atoms with Crippen molar-refractivity contribution in [3.05, 3.63) is 34.6 Å². The second kappa shape index (κ2) is 8.07. The van der Waals surface area contributed by atoms with Crippen molar-refractivity contribution in [2.24, 2.45) is 0 Å². The number of nitrogens with one attached hydrogen (secondary N) is 1. The van der Waals surface area contributed by atoms with Gasteiger partial charge in [0.1, 0.15) is 5.82 Å². The fraction of sp³-hybridized carbons (Fsp3) is 0.500. The fourth-order valence-electron chi connectivity index (χ4n) is 1.67. The quantitative estimate of drug-likeness (QED) is 0.877. The Morgan fingerprint density at radius 1 is 1.55 bits per heavy atom. The third-order valence-electron chi connectivity index (χ3n) is 2.88. The van der Waals surface area contributed by atoms with Gasteiger partial charge in [-0.2, -0.15) is 0 Å². The van der Waals surface area contributed by atoms with Crippen molar-refractivity contribution in [1.82, 2.24) is 10.2 Å². The first-order chi connectivity index (χ1) is 9.43. The summed E-state index contributed by atoms with van der Waals surface area (Å²) in [6.45, 7) is 2.82. The second-order valence-electron chi connectivity index (χ2n) is 4.74. The predicted octanol–water partition coefficient (Wildman–Crippen LogP) is 3.05. The van der Waals surface area contributed by atoms with Gasteiger partial charge in [0.25, 0.3) is 0 Å². The highest BCUT2D eigenvalue weighted by atomic mass is 35.5. The Hall–Kier alpha value is -1.33. The highest BCUT2D eigenvalue weighted by Crippen LogP contribution is 2.16. The van der Waals surface area contributed by atoms with Gasteiger partial charge < -0.3 is 15.0 Å². The summed E-state index contributed by atoms with van der Waals surface area (Å²) in [5.41, 5.74) is 0.689. The number of halogens is 2. The molecular weight excluding hydrogens is 283 g/mol. The Labute approximate surface area is 123 Å². The molecule has 1 unspecified atom stereocenters. The van der Waals surface area contributed by atoms with Crippen molar-refractivity contribution in [1.29, 1.82) is 0 Å². The molecule has 1 N–H and O–H groups in total. The van der Waals surface area contributed by atoms with Crippen LogP contribution in [0.4, 0.5) is 9.18 Å². The molecule has 112 valence electrons.